The number of anilines is 2. The lowest BCUT2D eigenvalue weighted by Gasteiger charge is -2.32. The van der Waals surface area contributed by atoms with E-state index in [1.165, 1.54) is 48.3 Å². The fourth-order valence-corrected chi connectivity index (χ4v) is 6.08. The predicted octanol–water partition coefficient (Wildman–Crippen LogP) is 5.07. The molecule has 3 aliphatic heterocycles. The van der Waals surface area contributed by atoms with Crippen LogP contribution in [0, 0.1) is 12.8 Å². The Morgan fingerprint density at radius 2 is 1.91 bits per heavy atom. The highest BCUT2D eigenvalue weighted by Crippen LogP contribution is 2.39. The molecular formula is C28H37N3O. The van der Waals surface area contributed by atoms with Crippen LogP contribution in [0.3, 0.4) is 0 Å². The van der Waals surface area contributed by atoms with E-state index in [1.807, 2.05) is 11.0 Å². The van der Waals surface area contributed by atoms with Crippen LogP contribution in [0.2, 0.25) is 0 Å². The number of benzene rings is 2. The fourth-order valence-electron chi connectivity index (χ4n) is 6.08. The van der Waals surface area contributed by atoms with E-state index in [2.05, 4.69) is 67.8 Å². The van der Waals surface area contributed by atoms with E-state index < -0.39 is 0 Å². The summed E-state index contributed by atoms with van der Waals surface area (Å²) in [5.41, 5.74) is 7.08. The topological polar surface area (TPSA) is 26.8 Å². The van der Waals surface area contributed by atoms with Crippen molar-refractivity contribution in [1.82, 2.24) is 4.90 Å². The molecule has 2 aromatic carbocycles. The standard InChI is InChI=1S/C28H37N3O/c1-5-20(4)29-17-23-12-14-31(27(23)18-29)26-10-8-24(16-21(26)6-2)30-13-11-22-15-19(3)7-9-25(22)28(30)32/h7-10,15-16,20,23,27H,5-6,11-14,17-18H2,1-4H3. The van der Waals surface area contributed by atoms with Gasteiger partial charge >= 0.3 is 0 Å². The van der Waals surface area contributed by atoms with Gasteiger partial charge in [-0.1, -0.05) is 31.5 Å². The van der Waals surface area contributed by atoms with Crippen molar-refractivity contribution in [1.29, 1.82) is 0 Å². The van der Waals surface area contributed by atoms with Gasteiger partial charge in [-0.05, 0) is 80.8 Å². The van der Waals surface area contributed by atoms with E-state index in [9.17, 15) is 4.79 Å². The summed E-state index contributed by atoms with van der Waals surface area (Å²) < 4.78 is 0. The Balaban J connectivity index is 1.39. The van der Waals surface area contributed by atoms with Gasteiger partial charge in [0.05, 0.1) is 0 Å². The minimum absolute atomic E-state index is 0.141. The van der Waals surface area contributed by atoms with Crippen LogP contribution in [0.1, 0.15) is 60.7 Å². The van der Waals surface area contributed by atoms with Crippen LogP contribution in [0.25, 0.3) is 0 Å². The second-order valence-electron chi connectivity index (χ2n) is 10.1. The Bertz CT molecular complexity index is 1020. The Morgan fingerprint density at radius 3 is 2.69 bits per heavy atom. The lowest BCUT2D eigenvalue weighted by molar-refractivity contribution is 0.0980. The lowest BCUT2D eigenvalue weighted by Crippen LogP contribution is -2.39. The molecule has 2 aromatic rings. The third-order valence-corrected chi connectivity index (χ3v) is 8.20. The molecule has 0 saturated carbocycles. The van der Waals surface area contributed by atoms with Crippen LogP contribution in [0.5, 0.6) is 0 Å². The third-order valence-electron chi connectivity index (χ3n) is 8.20. The van der Waals surface area contributed by atoms with Crippen molar-refractivity contribution in [3.05, 3.63) is 58.7 Å². The van der Waals surface area contributed by atoms with Crippen molar-refractivity contribution in [2.24, 2.45) is 5.92 Å². The van der Waals surface area contributed by atoms with Gasteiger partial charge in [0.25, 0.3) is 5.91 Å². The molecule has 0 aliphatic carbocycles. The highest BCUT2D eigenvalue weighted by atomic mass is 16.2. The normalized spacial score (nSPS) is 24.1. The largest absolute Gasteiger partial charge is 0.367 e. The van der Waals surface area contributed by atoms with Crippen LogP contribution < -0.4 is 9.80 Å². The molecule has 2 saturated heterocycles. The molecule has 170 valence electrons. The summed E-state index contributed by atoms with van der Waals surface area (Å²) in [7, 11) is 0. The van der Waals surface area contributed by atoms with Crippen LogP contribution in [-0.2, 0) is 12.8 Å². The number of likely N-dealkylation sites (tertiary alicyclic amines) is 1. The lowest BCUT2D eigenvalue weighted by atomic mass is 9.96. The highest BCUT2D eigenvalue weighted by molar-refractivity contribution is 6.08. The zero-order valence-electron chi connectivity index (χ0n) is 20.1. The number of carbonyl (C=O) groups excluding carboxylic acids is 1. The molecule has 0 radical (unpaired) electrons. The van der Waals surface area contributed by atoms with E-state index in [4.69, 9.17) is 0 Å². The Hall–Kier alpha value is -2.33. The molecule has 32 heavy (non-hydrogen) atoms. The molecule has 1 amide bonds. The highest BCUT2D eigenvalue weighted by Gasteiger charge is 2.42. The van der Waals surface area contributed by atoms with E-state index >= 15 is 0 Å². The Morgan fingerprint density at radius 1 is 1.06 bits per heavy atom. The molecule has 3 aliphatic rings. The van der Waals surface area contributed by atoms with Crippen LogP contribution >= 0.6 is 0 Å². The molecular weight excluding hydrogens is 394 g/mol. The van der Waals surface area contributed by atoms with Gasteiger partial charge in [-0.15, -0.1) is 0 Å². The summed E-state index contributed by atoms with van der Waals surface area (Å²) in [6.45, 7) is 13.4. The summed E-state index contributed by atoms with van der Waals surface area (Å²) in [4.78, 5) is 20.6. The first-order chi connectivity index (χ1) is 15.5. The number of aryl methyl sites for hydroxylation is 2. The van der Waals surface area contributed by atoms with Gasteiger partial charge in [-0.3, -0.25) is 9.69 Å². The van der Waals surface area contributed by atoms with Gasteiger partial charge in [0, 0.05) is 55.2 Å². The summed E-state index contributed by atoms with van der Waals surface area (Å²) in [6.07, 6.45) is 4.43. The first kappa shape index (κ1) is 21.5. The van der Waals surface area contributed by atoms with Crippen LogP contribution in [-0.4, -0.2) is 49.1 Å². The Labute approximate surface area is 193 Å². The SMILES string of the molecule is CCc1cc(N2CCc3cc(C)ccc3C2=O)ccc1N1CCC2CN(C(C)CC)CC21. The first-order valence-corrected chi connectivity index (χ1v) is 12.5. The number of carbonyl (C=O) groups is 1. The van der Waals surface area contributed by atoms with E-state index in [0.29, 0.717) is 12.1 Å². The van der Waals surface area contributed by atoms with E-state index in [1.54, 1.807) is 0 Å². The monoisotopic (exact) mass is 431 g/mol. The van der Waals surface area contributed by atoms with Crippen LogP contribution in [0.4, 0.5) is 11.4 Å². The number of hydrogen-bond acceptors (Lipinski definition) is 3. The van der Waals surface area contributed by atoms with Gasteiger partial charge < -0.3 is 9.80 Å². The minimum Gasteiger partial charge on any atom is -0.367 e. The van der Waals surface area contributed by atoms with E-state index in [-0.39, 0.29) is 5.91 Å². The van der Waals surface area contributed by atoms with E-state index in [0.717, 1.165) is 43.1 Å². The number of fused-ring (bicyclic) bond motifs is 2. The van der Waals surface area contributed by atoms with Crippen LogP contribution in [0.15, 0.2) is 36.4 Å². The summed E-state index contributed by atoms with van der Waals surface area (Å²) in [5, 5.41) is 0. The molecule has 0 N–H and O–H groups in total. The van der Waals surface area contributed by atoms with Crippen molar-refractivity contribution < 1.29 is 4.79 Å². The smallest absolute Gasteiger partial charge is 0.258 e. The maximum Gasteiger partial charge on any atom is 0.258 e. The quantitative estimate of drug-likeness (QED) is 0.661. The summed E-state index contributed by atoms with van der Waals surface area (Å²) in [5.74, 6) is 0.930. The third kappa shape index (κ3) is 3.63. The summed E-state index contributed by atoms with van der Waals surface area (Å²) >= 11 is 0. The van der Waals surface area contributed by atoms with Crippen molar-refractivity contribution >= 4 is 17.3 Å². The molecule has 0 bridgehead atoms. The second kappa shape index (κ2) is 8.55. The van der Waals surface area contributed by atoms with Crippen molar-refractivity contribution in [2.45, 2.75) is 65.5 Å². The number of nitrogens with zero attached hydrogens (tertiary/aromatic N) is 3. The molecule has 4 heteroatoms. The minimum atomic E-state index is 0.141. The molecule has 4 nitrogen and oxygen atoms in total. The van der Waals surface area contributed by atoms with Gasteiger partial charge in [-0.25, -0.2) is 0 Å². The molecule has 3 unspecified atom stereocenters. The first-order valence-electron chi connectivity index (χ1n) is 12.5. The number of amides is 1. The van der Waals surface area contributed by atoms with Gasteiger partial charge in [0.15, 0.2) is 0 Å². The molecule has 3 heterocycles. The maximum atomic E-state index is 13.3. The average Bonchev–Trinajstić information content (AvgIpc) is 3.39. The summed E-state index contributed by atoms with van der Waals surface area (Å²) in [6, 6.07) is 14.3. The predicted molar refractivity (Wildman–Crippen MR) is 133 cm³/mol. The molecule has 2 fully saturated rings. The van der Waals surface area contributed by atoms with Gasteiger partial charge in [-0.2, -0.15) is 0 Å². The zero-order chi connectivity index (χ0) is 22.4. The zero-order valence-corrected chi connectivity index (χ0v) is 20.1. The molecule has 0 spiro atoms. The number of hydrogen-bond donors (Lipinski definition) is 0. The van der Waals surface area contributed by atoms with Crippen molar-refractivity contribution in [2.75, 3.05) is 36.0 Å². The van der Waals surface area contributed by atoms with Gasteiger partial charge in [0.2, 0.25) is 0 Å². The number of rotatable bonds is 5. The maximum absolute atomic E-state index is 13.3. The van der Waals surface area contributed by atoms with Crippen molar-refractivity contribution in [3.8, 4) is 0 Å². The molecule has 5 rings (SSSR count). The Kier molecular flexibility index (Phi) is 5.75. The molecule has 3 atom stereocenters. The van der Waals surface area contributed by atoms with Crippen molar-refractivity contribution in [3.63, 3.8) is 0 Å². The average molecular weight is 432 g/mol. The van der Waals surface area contributed by atoms with Gasteiger partial charge in [0.1, 0.15) is 0 Å². The second-order valence-corrected chi connectivity index (χ2v) is 10.1. The fraction of sp³-hybridized carbons (Fsp3) is 0.536. The molecule has 0 aromatic heterocycles.